The molecule has 0 bridgehead atoms. The third-order valence-corrected chi connectivity index (χ3v) is 3.72. The van der Waals surface area contributed by atoms with Gasteiger partial charge < -0.3 is 4.74 Å². The zero-order valence-electron chi connectivity index (χ0n) is 11.1. The summed E-state index contributed by atoms with van der Waals surface area (Å²) < 4.78 is 5.71. The van der Waals surface area contributed by atoms with Crippen LogP contribution in [0.5, 0.6) is 5.88 Å². The van der Waals surface area contributed by atoms with Gasteiger partial charge in [-0.25, -0.2) is 4.98 Å². The van der Waals surface area contributed by atoms with Crippen molar-refractivity contribution >= 4 is 11.3 Å². The van der Waals surface area contributed by atoms with Gasteiger partial charge in [0, 0.05) is 23.6 Å². The summed E-state index contributed by atoms with van der Waals surface area (Å²) in [6.07, 6.45) is 2.76. The number of aromatic nitrogens is 1. The van der Waals surface area contributed by atoms with E-state index in [0.717, 1.165) is 12.3 Å². The highest BCUT2D eigenvalue weighted by atomic mass is 32.1. The molecule has 3 heteroatoms. The lowest BCUT2D eigenvalue weighted by Crippen LogP contribution is -2.11. The van der Waals surface area contributed by atoms with Crippen molar-refractivity contribution < 1.29 is 4.74 Å². The lowest BCUT2D eigenvalue weighted by Gasteiger charge is -2.19. The first-order valence-electron chi connectivity index (χ1n) is 6.17. The molecule has 2 aromatic heterocycles. The predicted molar refractivity (Wildman–Crippen MR) is 76.5 cm³/mol. The number of hydrogen-bond acceptors (Lipinski definition) is 3. The topological polar surface area (TPSA) is 22.1 Å². The molecule has 0 amide bonds. The molecule has 18 heavy (non-hydrogen) atoms. The summed E-state index contributed by atoms with van der Waals surface area (Å²) in [7, 11) is 0. The van der Waals surface area contributed by atoms with Crippen LogP contribution in [-0.2, 0) is 11.8 Å². The highest BCUT2D eigenvalue weighted by Crippen LogP contribution is 2.24. The Morgan fingerprint density at radius 1 is 1.28 bits per heavy atom. The van der Waals surface area contributed by atoms with E-state index >= 15 is 0 Å². The van der Waals surface area contributed by atoms with Gasteiger partial charge in [-0.2, -0.15) is 0 Å². The Kier molecular flexibility index (Phi) is 4.02. The van der Waals surface area contributed by atoms with Crippen molar-refractivity contribution in [1.29, 1.82) is 0 Å². The van der Waals surface area contributed by atoms with Crippen molar-refractivity contribution in [3.05, 3.63) is 46.3 Å². The van der Waals surface area contributed by atoms with E-state index in [1.54, 1.807) is 11.3 Å². The zero-order chi connectivity index (χ0) is 13.0. The maximum Gasteiger partial charge on any atom is 0.213 e. The third kappa shape index (κ3) is 3.57. The molecule has 2 aromatic rings. The molecule has 96 valence electrons. The van der Waals surface area contributed by atoms with Crippen LogP contribution in [0.25, 0.3) is 0 Å². The van der Waals surface area contributed by atoms with Gasteiger partial charge in [-0.15, -0.1) is 11.3 Å². The highest BCUT2D eigenvalue weighted by molar-refractivity contribution is 7.09. The second kappa shape index (κ2) is 5.53. The first kappa shape index (κ1) is 13.1. The maximum atomic E-state index is 5.71. The molecule has 0 spiro atoms. The summed E-state index contributed by atoms with van der Waals surface area (Å²) in [5.41, 5.74) is 1.39. The van der Waals surface area contributed by atoms with Gasteiger partial charge in [-0.05, 0) is 28.5 Å². The van der Waals surface area contributed by atoms with E-state index in [-0.39, 0.29) is 5.41 Å². The quantitative estimate of drug-likeness (QED) is 0.828. The molecule has 0 aliphatic rings. The van der Waals surface area contributed by atoms with E-state index in [1.165, 1.54) is 10.4 Å². The van der Waals surface area contributed by atoms with E-state index < -0.39 is 0 Å². The van der Waals surface area contributed by atoms with Crippen LogP contribution in [-0.4, -0.2) is 11.6 Å². The third-order valence-electron chi connectivity index (χ3n) is 2.78. The Balaban J connectivity index is 1.93. The number of nitrogens with zero attached hydrogens (tertiary/aromatic N) is 1. The van der Waals surface area contributed by atoms with Crippen LogP contribution in [0.4, 0.5) is 0 Å². The molecule has 0 aliphatic carbocycles. The first-order valence-corrected chi connectivity index (χ1v) is 7.05. The summed E-state index contributed by atoms with van der Waals surface area (Å²) in [6, 6.07) is 8.28. The fourth-order valence-corrected chi connectivity index (χ4v) is 2.36. The molecule has 0 fully saturated rings. The minimum atomic E-state index is 0.134. The van der Waals surface area contributed by atoms with E-state index in [4.69, 9.17) is 4.74 Å². The lowest BCUT2D eigenvalue weighted by atomic mass is 9.88. The van der Waals surface area contributed by atoms with Gasteiger partial charge in [0.2, 0.25) is 5.88 Å². The molecule has 0 aromatic carbocycles. The van der Waals surface area contributed by atoms with Gasteiger partial charge >= 0.3 is 0 Å². The van der Waals surface area contributed by atoms with Gasteiger partial charge in [0.05, 0.1) is 6.61 Å². The molecule has 2 heterocycles. The molecule has 0 unspecified atom stereocenters. The number of rotatable bonds is 4. The summed E-state index contributed by atoms with van der Waals surface area (Å²) in [6.45, 7) is 7.26. The molecular weight excluding hydrogens is 242 g/mol. The van der Waals surface area contributed by atoms with E-state index in [9.17, 15) is 0 Å². The maximum absolute atomic E-state index is 5.71. The summed E-state index contributed by atoms with van der Waals surface area (Å²) in [5, 5.41) is 2.09. The minimum Gasteiger partial charge on any atom is -0.477 e. The second-order valence-corrected chi connectivity index (χ2v) is 6.34. The Hall–Kier alpha value is -1.35. The predicted octanol–water partition coefficient (Wildman–Crippen LogP) is 4.06. The van der Waals surface area contributed by atoms with E-state index in [2.05, 4.69) is 43.3 Å². The molecule has 0 saturated heterocycles. The molecule has 0 saturated carbocycles. The largest absolute Gasteiger partial charge is 0.477 e. The summed E-state index contributed by atoms with van der Waals surface area (Å²) >= 11 is 1.77. The number of thiophene rings is 1. The minimum absolute atomic E-state index is 0.134. The molecule has 2 rings (SSSR count). The zero-order valence-corrected chi connectivity index (χ0v) is 12.0. The SMILES string of the molecule is CC(C)(C)c1ccnc(OCCc2cccs2)c1. The molecule has 0 N–H and O–H groups in total. The van der Waals surface area contributed by atoms with Crippen molar-refractivity contribution in [1.82, 2.24) is 4.98 Å². The van der Waals surface area contributed by atoms with Crippen molar-refractivity contribution in [2.24, 2.45) is 0 Å². The normalized spacial score (nSPS) is 11.5. The van der Waals surface area contributed by atoms with E-state index in [0.29, 0.717) is 6.61 Å². The van der Waals surface area contributed by atoms with E-state index in [1.807, 2.05) is 18.3 Å². The summed E-state index contributed by atoms with van der Waals surface area (Å²) in [5.74, 6) is 0.721. The van der Waals surface area contributed by atoms with Crippen LogP contribution in [0.15, 0.2) is 35.8 Å². The van der Waals surface area contributed by atoms with Crippen LogP contribution in [0.3, 0.4) is 0 Å². The van der Waals surface area contributed by atoms with Crippen molar-refractivity contribution in [2.45, 2.75) is 32.6 Å². The van der Waals surface area contributed by atoms with Gasteiger partial charge in [-0.1, -0.05) is 26.8 Å². The van der Waals surface area contributed by atoms with Crippen molar-refractivity contribution in [3.63, 3.8) is 0 Å². The van der Waals surface area contributed by atoms with Crippen LogP contribution in [0.2, 0.25) is 0 Å². The monoisotopic (exact) mass is 261 g/mol. The van der Waals surface area contributed by atoms with Gasteiger partial charge in [0.15, 0.2) is 0 Å². The lowest BCUT2D eigenvalue weighted by molar-refractivity contribution is 0.309. The fourth-order valence-electron chi connectivity index (χ4n) is 1.67. The second-order valence-electron chi connectivity index (χ2n) is 5.31. The standard InChI is InChI=1S/C15H19NOS/c1-15(2,3)12-6-8-16-14(11-12)17-9-7-13-5-4-10-18-13/h4-6,8,10-11H,7,9H2,1-3H3. The van der Waals surface area contributed by atoms with Gasteiger partial charge in [-0.3, -0.25) is 0 Å². The fraction of sp³-hybridized carbons (Fsp3) is 0.400. The highest BCUT2D eigenvalue weighted by Gasteiger charge is 2.14. The average Bonchev–Trinajstić information content (AvgIpc) is 2.81. The van der Waals surface area contributed by atoms with Crippen LogP contribution in [0, 0.1) is 0 Å². The Labute approximate surface area is 113 Å². The average molecular weight is 261 g/mol. The van der Waals surface area contributed by atoms with Crippen molar-refractivity contribution in [3.8, 4) is 5.88 Å². The Morgan fingerprint density at radius 3 is 2.78 bits per heavy atom. The number of pyridine rings is 1. The molecule has 0 atom stereocenters. The number of ether oxygens (including phenoxy) is 1. The molecular formula is C15H19NOS. The smallest absolute Gasteiger partial charge is 0.213 e. The van der Waals surface area contributed by atoms with Crippen LogP contribution >= 0.6 is 11.3 Å². The first-order chi connectivity index (χ1) is 8.55. The van der Waals surface area contributed by atoms with Crippen LogP contribution < -0.4 is 4.74 Å². The number of hydrogen-bond donors (Lipinski definition) is 0. The van der Waals surface area contributed by atoms with Crippen LogP contribution in [0.1, 0.15) is 31.2 Å². The molecule has 0 aliphatic heterocycles. The summed E-state index contributed by atoms with van der Waals surface area (Å²) in [4.78, 5) is 5.60. The molecule has 2 nitrogen and oxygen atoms in total. The van der Waals surface area contributed by atoms with Gasteiger partial charge in [0.1, 0.15) is 0 Å². The van der Waals surface area contributed by atoms with Gasteiger partial charge in [0.25, 0.3) is 0 Å². The molecule has 0 radical (unpaired) electrons. The Morgan fingerprint density at radius 2 is 2.11 bits per heavy atom. The Bertz CT molecular complexity index is 485. The van der Waals surface area contributed by atoms with Crippen molar-refractivity contribution in [2.75, 3.05) is 6.61 Å².